The van der Waals surface area contributed by atoms with Crippen molar-refractivity contribution in [3.8, 4) is 0 Å². The molecule has 1 aromatic carbocycles. The molecular formula is C16H20FNO. The minimum Gasteiger partial charge on any atom is -0.303 e. The minimum absolute atomic E-state index is 0.252. The average molecular weight is 261 g/mol. The van der Waals surface area contributed by atoms with Gasteiger partial charge in [0.15, 0.2) is 0 Å². The highest BCUT2D eigenvalue weighted by molar-refractivity contribution is 6.01. The van der Waals surface area contributed by atoms with Crippen molar-refractivity contribution in [2.75, 3.05) is 0 Å². The van der Waals surface area contributed by atoms with E-state index in [1.165, 1.54) is 12.1 Å². The molecule has 0 unspecified atom stereocenters. The number of halogens is 1. The number of allylic oxidation sites excluding steroid dienone is 2. The van der Waals surface area contributed by atoms with E-state index in [-0.39, 0.29) is 5.82 Å². The van der Waals surface area contributed by atoms with Crippen LogP contribution in [0.5, 0.6) is 0 Å². The number of aldehydes is 1. The maximum atomic E-state index is 13.0. The number of nitrogens with zero attached hydrogens (tertiary/aromatic N) is 1. The summed E-state index contributed by atoms with van der Waals surface area (Å²) in [7, 11) is 0. The Labute approximate surface area is 114 Å². The van der Waals surface area contributed by atoms with E-state index in [1.807, 2.05) is 13.0 Å². The van der Waals surface area contributed by atoms with E-state index in [0.717, 1.165) is 42.5 Å². The molecule has 0 aromatic heterocycles. The second-order valence-electron chi connectivity index (χ2n) is 4.32. The van der Waals surface area contributed by atoms with E-state index in [2.05, 4.69) is 11.9 Å². The normalized spacial score (nSPS) is 12.6. The Hall–Kier alpha value is -1.77. The van der Waals surface area contributed by atoms with Crippen LogP contribution in [0.4, 0.5) is 4.39 Å². The van der Waals surface area contributed by atoms with Gasteiger partial charge in [-0.05, 0) is 37.5 Å². The summed E-state index contributed by atoms with van der Waals surface area (Å²) in [5.74, 6) is -0.252. The van der Waals surface area contributed by atoms with E-state index in [1.54, 1.807) is 12.1 Å². The van der Waals surface area contributed by atoms with Crippen LogP contribution in [0.2, 0.25) is 0 Å². The quantitative estimate of drug-likeness (QED) is 0.531. The van der Waals surface area contributed by atoms with Gasteiger partial charge in [0.25, 0.3) is 0 Å². The van der Waals surface area contributed by atoms with Crippen molar-refractivity contribution >= 4 is 12.0 Å². The minimum atomic E-state index is -0.252. The SMILES string of the molecule is C/C=C(/CC=O)N=C(CCCC)c1ccc(F)cc1. The zero-order valence-electron chi connectivity index (χ0n) is 11.5. The Morgan fingerprint density at radius 1 is 1.32 bits per heavy atom. The maximum absolute atomic E-state index is 13.0. The molecule has 1 aromatic rings. The van der Waals surface area contributed by atoms with Crippen molar-refractivity contribution in [3.05, 3.63) is 47.4 Å². The van der Waals surface area contributed by atoms with Crippen LogP contribution in [0, 0.1) is 5.82 Å². The van der Waals surface area contributed by atoms with Gasteiger partial charge < -0.3 is 4.79 Å². The molecule has 0 aliphatic carbocycles. The van der Waals surface area contributed by atoms with Crippen molar-refractivity contribution in [1.82, 2.24) is 0 Å². The van der Waals surface area contributed by atoms with E-state index in [4.69, 9.17) is 0 Å². The highest BCUT2D eigenvalue weighted by atomic mass is 19.1. The second-order valence-corrected chi connectivity index (χ2v) is 4.32. The second kappa shape index (κ2) is 8.35. The van der Waals surface area contributed by atoms with Gasteiger partial charge >= 0.3 is 0 Å². The first-order valence-electron chi connectivity index (χ1n) is 6.63. The van der Waals surface area contributed by atoms with Crippen LogP contribution < -0.4 is 0 Å². The molecule has 3 heteroatoms. The van der Waals surface area contributed by atoms with Gasteiger partial charge in [-0.2, -0.15) is 0 Å². The molecule has 0 radical (unpaired) electrons. The van der Waals surface area contributed by atoms with Crippen LogP contribution in [0.3, 0.4) is 0 Å². The fraction of sp³-hybridized carbons (Fsp3) is 0.375. The first-order valence-corrected chi connectivity index (χ1v) is 6.63. The van der Waals surface area contributed by atoms with E-state index >= 15 is 0 Å². The summed E-state index contributed by atoms with van der Waals surface area (Å²) in [6.07, 6.45) is 5.92. The topological polar surface area (TPSA) is 29.4 Å². The molecule has 0 saturated carbocycles. The molecule has 102 valence electrons. The van der Waals surface area contributed by atoms with Gasteiger partial charge in [0, 0.05) is 17.8 Å². The fourth-order valence-corrected chi connectivity index (χ4v) is 1.74. The number of benzene rings is 1. The lowest BCUT2D eigenvalue weighted by molar-refractivity contribution is -0.107. The Morgan fingerprint density at radius 3 is 2.53 bits per heavy atom. The van der Waals surface area contributed by atoms with Crippen LogP contribution >= 0.6 is 0 Å². The van der Waals surface area contributed by atoms with Gasteiger partial charge in [0.05, 0.1) is 0 Å². The van der Waals surface area contributed by atoms with Crippen LogP contribution in [0.25, 0.3) is 0 Å². The number of carbonyl (C=O) groups is 1. The maximum Gasteiger partial charge on any atom is 0.125 e. The molecule has 2 nitrogen and oxygen atoms in total. The smallest absolute Gasteiger partial charge is 0.125 e. The molecule has 0 heterocycles. The first-order chi connectivity index (χ1) is 9.21. The molecule has 1 rings (SSSR count). The molecule has 0 aliphatic heterocycles. The van der Waals surface area contributed by atoms with Crippen molar-refractivity contribution < 1.29 is 9.18 Å². The molecule has 0 amide bonds. The summed E-state index contributed by atoms with van der Waals surface area (Å²) in [6, 6.07) is 6.34. The standard InChI is InChI=1S/C16H20FNO/c1-3-5-6-16(18-15(4-2)11-12-19)13-7-9-14(17)10-8-13/h4,7-10,12H,3,5-6,11H2,1-2H3/b15-4-,18-16?. The molecule has 0 spiro atoms. The lowest BCUT2D eigenvalue weighted by Crippen LogP contribution is -2.02. The molecular weight excluding hydrogens is 241 g/mol. The lowest BCUT2D eigenvalue weighted by atomic mass is 10.0. The third kappa shape index (κ3) is 5.16. The van der Waals surface area contributed by atoms with E-state index in [9.17, 15) is 9.18 Å². The van der Waals surface area contributed by atoms with E-state index < -0.39 is 0 Å². The van der Waals surface area contributed by atoms with Crippen LogP contribution in [-0.4, -0.2) is 12.0 Å². The lowest BCUT2D eigenvalue weighted by Gasteiger charge is -2.07. The molecule has 0 fully saturated rings. The predicted molar refractivity (Wildman–Crippen MR) is 76.9 cm³/mol. The van der Waals surface area contributed by atoms with Crippen LogP contribution in [0.15, 0.2) is 41.0 Å². The zero-order chi connectivity index (χ0) is 14.1. The molecule has 0 atom stereocenters. The monoisotopic (exact) mass is 261 g/mol. The van der Waals surface area contributed by atoms with Gasteiger partial charge in [-0.3, -0.25) is 4.99 Å². The number of hydrogen-bond acceptors (Lipinski definition) is 2. The molecule has 0 bridgehead atoms. The number of hydrogen-bond donors (Lipinski definition) is 0. The largest absolute Gasteiger partial charge is 0.303 e. The van der Waals surface area contributed by atoms with Gasteiger partial charge in [-0.1, -0.05) is 31.6 Å². The predicted octanol–water partition coefficient (Wildman–Crippen LogP) is 4.30. The van der Waals surface area contributed by atoms with Gasteiger partial charge in [0.1, 0.15) is 12.1 Å². The fourth-order valence-electron chi connectivity index (χ4n) is 1.74. The van der Waals surface area contributed by atoms with Gasteiger partial charge in [0.2, 0.25) is 0 Å². The zero-order valence-corrected chi connectivity index (χ0v) is 11.5. The molecule has 0 N–H and O–H groups in total. The van der Waals surface area contributed by atoms with Crippen molar-refractivity contribution in [3.63, 3.8) is 0 Å². The number of unbranched alkanes of at least 4 members (excludes halogenated alkanes) is 1. The number of aliphatic imine (C=N–C) groups is 1. The van der Waals surface area contributed by atoms with E-state index in [0.29, 0.717) is 6.42 Å². The average Bonchev–Trinajstić information content (AvgIpc) is 2.43. The highest BCUT2D eigenvalue weighted by Crippen LogP contribution is 2.13. The van der Waals surface area contributed by atoms with Gasteiger partial charge in [-0.25, -0.2) is 4.39 Å². The molecule has 19 heavy (non-hydrogen) atoms. The summed E-state index contributed by atoms with van der Waals surface area (Å²) < 4.78 is 13.0. The Bertz CT molecular complexity index is 460. The summed E-state index contributed by atoms with van der Waals surface area (Å²) in [5, 5.41) is 0. The first kappa shape index (κ1) is 15.3. The van der Waals surface area contributed by atoms with Crippen molar-refractivity contribution in [2.45, 2.75) is 39.5 Å². The summed E-state index contributed by atoms with van der Waals surface area (Å²) >= 11 is 0. The Kier molecular flexibility index (Phi) is 6.72. The third-order valence-corrected chi connectivity index (χ3v) is 2.85. The third-order valence-electron chi connectivity index (χ3n) is 2.85. The van der Waals surface area contributed by atoms with Crippen LogP contribution in [0.1, 0.15) is 45.1 Å². The molecule has 0 saturated heterocycles. The highest BCUT2D eigenvalue weighted by Gasteiger charge is 2.05. The van der Waals surface area contributed by atoms with Gasteiger partial charge in [-0.15, -0.1) is 0 Å². The van der Waals surface area contributed by atoms with Crippen molar-refractivity contribution in [1.29, 1.82) is 0 Å². The van der Waals surface area contributed by atoms with Crippen LogP contribution in [-0.2, 0) is 4.79 Å². The Morgan fingerprint density at radius 2 is 2.00 bits per heavy atom. The summed E-state index contributed by atoms with van der Waals surface area (Å²) in [4.78, 5) is 15.1. The summed E-state index contributed by atoms with van der Waals surface area (Å²) in [6.45, 7) is 3.98. The number of rotatable bonds is 7. The van der Waals surface area contributed by atoms with Crippen molar-refractivity contribution in [2.24, 2.45) is 4.99 Å². The Balaban J connectivity index is 3.02. The summed E-state index contributed by atoms with van der Waals surface area (Å²) in [5.41, 5.74) is 2.59. The number of carbonyl (C=O) groups excluding carboxylic acids is 1. The molecule has 0 aliphatic rings.